The van der Waals surface area contributed by atoms with Crippen LogP contribution in [-0.2, 0) is 23.3 Å². The van der Waals surface area contributed by atoms with Gasteiger partial charge < -0.3 is 14.3 Å². The lowest BCUT2D eigenvalue weighted by Gasteiger charge is -2.31. The Bertz CT molecular complexity index is 990. The summed E-state index contributed by atoms with van der Waals surface area (Å²) >= 11 is 1.64. The van der Waals surface area contributed by atoms with Gasteiger partial charge in [0.15, 0.2) is 5.76 Å². The molecular weight excluding hydrogens is 354 g/mol. The first-order valence-electron chi connectivity index (χ1n) is 8.38. The number of amides is 3. The van der Waals surface area contributed by atoms with Crippen molar-refractivity contribution in [3.05, 3.63) is 52.0 Å². The molecule has 1 aliphatic heterocycles. The third-order valence-electron chi connectivity index (χ3n) is 4.98. The highest BCUT2D eigenvalue weighted by atomic mass is 32.1. The van der Waals surface area contributed by atoms with Crippen LogP contribution in [0.1, 0.15) is 29.0 Å². The smallest absolute Gasteiger partial charge is 0.325 e. The van der Waals surface area contributed by atoms with E-state index in [-0.39, 0.29) is 12.5 Å². The van der Waals surface area contributed by atoms with Crippen LogP contribution in [0, 0.1) is 0 Å². The molecule has 5 rings (SSSR count). The minimum atomic E-state index is -0.932. The standard InChI is InChI=1S/C18H15N3O4S/c22-16-18(6-1-4-15-12(18)5-8-26-15)19-17(23)21(16)10-11-9-14(25-20-11)13-3-2-7-24-13/h2-3,5,7-9H,1,4,6,10H2,(H,19,23). The highest BCUT2D eigenvalue weighted by Gasteiger charge is 2.54. The highest BCUT2D eigenvalue weighted by Crippen LogP contribution is 2.42. The van der Waals surface area contributed by atoms with E-state index in [9.17, 15) is 9.59 Å². The van der Waals surface area contributed by atoms with Crippen molar-refractivity contribution in [2.75, 3.05) is 0 Å². The number of nitrogens with one attached hydrogen (secondary N) is 1. The van der Waals surface area contributed by atoms with Crippen molar-refractivity contribution < 1.29 is 18.5 Å². The van der Waals surface area contributed by atoms with Gasteiger partial charge in [0.2, 0.25) is 5.76 Å². The molecule has 7 nitrogen and oxygen atoms in total. The van der Waals surface area contributed by atoms with Gasteiger partial charge in [-0.15, -0.1) is 11.3 Å². The summed E-state index contributed by atoms with van der Waals surface area (Å²) in [6, 6.07) is 6.75. The lowest BCUT2D eigenvalue weighted by molar-refractivity contribution is -0.132. The first kappa shape index (κ1) is 15.4. The second kappa shape index (κ2) is 5.57. The third-order valence-corrected chi connectivity index (χ3v) is 5.96. The van der Waals surface area contributed by atoms with Crippen molar-refractivity contribution in [3.8, 4) is 11.5 Å². The fraction of sp³-hybridized carbons (Fsp3) is 0.278. The molecule has 3 aromatic heterocycles. The fourth-order valence-corrected chi connectivity index (χ4v) is 4.77. The summed E-state index contributed by atoms with van der Waals surface area (Å²) < 4.78 is 10.5. The Balaban J connectivity index is 1.43. The van der Waals surface area contributed by atoms with Crippen LogP contribution in [0.4, 0.5) is 4.79 Å². The number of hydrogen-bond acceptors (Lipinski definition) is 6. The monoisotopic (exact) mass is 369 g/mol. The van der Waals surface area contributed by atoms with Gasteiger partial charge in [-0.1, -0.05) is 5.16 Å². The van der Waals surface area contributed by atoms with Gasteiger partial charge in [0.1, 0.15) is 11.2 Å². The molecule has 4 heterocycles. The normalized spacial score (nSPS) is 22.1. The molecule has 0 bridgehead atoms. The minimum Gasteiger partial charge on any atom is -0.461 e. The van der Waals surface area contributed by atoms with Gasteiger partial charge in [-0.3, -0.25) is 9.69 Å². The summed E-state index contributed by atoms with van der Waals surface area (Å²) in [4.78, 5) is 28.1. The molecule has 1 unspecified atom stereocenters. The molecule has 2 aliphatic rings. The summed E-state index contributed by atoms with van der Waals surface area (Å²) in [5.41, 5.74) is 0.502. The lowest BCUT2D eigenvalue weighted by atomic mass is 9.80. The van der Waals surface area contributed by atoms with Crippen LogP contribution in [0.2, 0.25) is 0 Å². The summed E-state index contributed by atoms with van der Waals surface area (Å²) in [6.07, 6.45) is 3.99. The van der Waals surface area contributed by atoms with Gasteiger partial charge in [0.25, 0.3) is 5.91 Å². The molecular formula is C18H15N3O4S. The van der Waals surface area contributed by atoms with Gasteiger partial charge in [0.05, 0.1) is 12.8 Å². The second-order valence-electron chi connectivity index (χ2n) is 6.50. The predicted octanol–water partition coefficient (Wildman–Crippen LogP) is 3.28. The molecule has 3 amide bonds. The summed E-state index contributed by atoms with van der Waals surface area (Å²) in [7, 11) is 0. The molecule has 0 aromatic carbocycles. The predicted molar refractivity (Wildman–Crippen MR) is 92.2 cm³/mol. The van der Waals surface area contributed by atoms with Crippen LogP contribution in [0.15, 0.2) is 44.8 Å². The topological polar surface area (TPSA) is 88.6 Å². The summed E-state index contributed by atoms with van der Waals surface area (Å²) in [5.74, 6) is 0.793. The van der Waals surface area contributed by atoms with E-state index in [4.69, 9.17) is 8.94 Å². The van der Waals surface area contributed by atoms with Crippen molar-refractivity contribution >= 4 is 23.3 Å². The van der Waals surface area contributed by atoms with Crippen molar-refractivity contribution in [1.82, 2.24) is 15.4 Å². The third kappa shape index (κ3) is 2.15. The zero-order chi connectivity index (χ0) is 17.7. The average Bonchev–Trinajstić information content (AvgIpc) is 3.41. The van der Waals surface area contributed by atoms with E-state index >= 15 is 0 Å². The first-order chi connectivity index (χ1) is 12.7. The van der Waals surface area contributed by atoms with E-state index in [1.54, 1.807) is 35.8 Å². The van der Waals surface area contributed by atoms with E-state index in [0.29, 0.717) is 23.6 Å². The van der Waals surface area contributed by atoms with Crippen molar-refractivity contribution in [2.24, 2.45) is 0 Å². The SMILES string of the molecule is O=C1NC2(CCCc3sccc32)C(=O)N1Cc1cc(-c2ccco2)on1. The van der Waals surface area contributed by atoms with Gasteiger partial charge in [-0.25, -0.2) is 4.79 Å². The van der Waals surface area contributed by atoms with Gasteiger partial charge in [-0.2, -0.15) is 0 Å². The number of furan rings is 1. The largest absolute Gasteiger partial charge is 0.461 e. The number of imide groups is 1. The zero-order valence-electron chi connectivity index (χ0n) is 13.7. The van der Waals surface area contributed by atoms with Gasteiger partial charge in [-0.05, 0) is 42.8 Å². The Morgan fingerprint density at radius 2 is 2.23 bits per heavy atom. The highest BCUT2D eigenvalue weighted by molar-refractivity contribution is 7.10. The van der Waals surface area contributed by atoms with Crippen molar-refractivity contribution in [3.63, 3.8) is 0 Å². The Labute approximate surface area is 152 Å². The Hall–Kier alpha value is -2.87. The van der Waals surface area contributed by atoms with E-state index in [0.717, 1.165) is 18.4 Å². The number of hydrogen-bond donors (Lipinski definition) is 1. The Kier molecular flexibility index (Phi) is 3.30. The molecule has 3 aromatic rings. The number of aromatic nitrogens is 1. The van der Waals surface area contributed by atoms with Gasteiger partial charge in [0, 0.05) is 16.5 Å². The maximum absolute atomic E-state index is 13.2. The van der Waals surface area contributed by atoms with E-state index in [1.165, 1.54) is 9.78 Å². The van der Waals surface area contributed by atoms with Crippen LogP contribution >= 0.6 is 11.3 Å². The van der Waals surface area contributed by atoms with Crippen LogP contribution in [-0.4, -0.2) is 22.0 Å². The molecule has 0 radical (unpaired) electrons. The average molecular weight is 369 g/mol. The lowest BCUT2D eigenvalue weighted by Crippen LogP contribution is -2.46. The molecule has 1 spiro atoms. The first-order valence-corrected chi connectivity index (χ1v) is 9.26. The number of fused-ring (bicyclic) bond motifs is 2. The number of carbonyl (C=O) groups excluding carboxylic acids is 2. The minimum absolute atomic E-state index is 0.0656. The molecule has 26 heavy (non-hydrogen) atoms. The van der Waals surface area contributed by atoms with Crippen LogP contribution in [0.25, 0.3) is 11.5 Å². The fourth-order valence-electron chi connectivity index (χ4n) is 3.77. The molecule has 1 fully saturated rings. The maximum Gasteiger partial charge on any atom is 0.325 e. The summed E-state index contributed by atoms with van der Waals surface area (Å²) in [5, 5.41) is 8.88. The van der Waals surface area contributed by atoms with E-state index in [1.807, 2.05) is 11.4 Å². The molecule has 1 atom stereocenters. The number of urea groups is 1. The maximum atomic E-state index is 13.2. The Morgan fingerprint density at radius 3 is 3.08 bits per heavy atom. The second-order valence-corrected chi connectivity index (χ2v) is 7.50. The quantitative estimate of drug-likeness (QED) is 0.716. The Morgan fingerprint density at radius 1 is 1.31 bits per heavy atom. The van der Waals surface area contributed by atoms with Crippen LogP contribution in [0.5, 0.6) is 0 Å². The number of thiophene rings is 1. The van der Waals surface area contributed by atoms with Crippen LogP contribution < -0.4 is 5.32 Å². The van der Waals surface area contributed by atoms with E-state index in [2.05, 4.69) is 10.5 Å². The molecule has 1 saturated heterocycles. The van der Waals surface area contributed by atoms with Crippen molar-refractivity contribution in [2.45, 2.75) is 31.3 Å². The van der Waals surface area contributed by atoms with Crippen LogP contribution in [0.3, 0.4) is 0 Å². The molecule has 1 N–H and O–H groups in total. The van der Waals surface area contributed by atoms with Crippen molar-refractivity contribution in [1.29, 1.82) is 0 Å². The van der Waals surface area contributed by atoms with E-state index < -0.39 is 11.6 Å². The number of nitrogens with zero attached hydrogens (tertiary/aromatic N) is 2. The number of rotatable bonds is 3. The molecule has 8 heteroatoms. The number of carbonyl (C=O) groups is 2. The summed E-state index contributed by atoms with van der Waals surface area (Å²) in [6.45, 7) is 0.0656. The molecule has 132 valence electrons. The zero-order valence-corrected chi connectivity index (χ0v) is 14.5. The molecule has 1 aliphatic carbocycles. The molecule has 0 saturated carbocycles. The van der Waals surface area contributed by atoms with Gasteiger partial charge >= 0.3 is 6.03 Å². The number of aryl methyl sites for hydroxylation is 1.